The Kier molecular flexibility index (Phi) is 13.2. The molecule has 300 valence electrons. The van der Waals surface area contributed by atoms with Crippen LogP contribution in [0.1, 0.15) is 67.9 Å². The van der Waals surface area contributed by atoms with Crippen LogP contribution in [0.25, 0.3) is 11.4 Å². The summed E-state index contributed by atoms with van der Waals surface area (Å²) in [7, 11) is 4.23. The van der Waals surface area contributed by atoms with E-state index in [4.69, 9.17) is 29.3 Å². The van der Waals surface area contributed by atoms with Crippen LogP contribution in [-0.2, 0) is 9.63 Å². The van der Waals surface area contributed by atoms with Crippen molar-refractivity contribution in [3.05, 3.63) is 143 Å². The highest BCUT2D eigenvalue weighted by molar-refractivity contribution is 7.71. The van der Waals surface area contributed by atoms with Gasteiger partial charge < -0.3 is 20.0 Å². The number of carbonyl (C=O) groups is 1. The molecule has 7 rings (SSSR count). The Morgan fingerprint density at radius 3 is 1.86 bits per heavy atom. The lowest BCUT2D eigenvalue weighted by Crippen LogP contribution is -2.22. The summed E-state index contributed by atoms with van der Waals surface area (Å²) in [5.41, 5.74) is 11.4. The smallest absolute Gasteiger partial charge is 0.224 e. The minimum Gasteiger partial charge on any atom is -0.387 e. The van der Waals surface area contributed by atoms with E-state index in [1.54, 1.807) is 21.8 Å². The predicted octanol–water partition coefficient (Wildman–Crippen LogP) is 9.85. The van der Waals surface area contributed by atoms with Crippen molar-refractivity contribution < 1.29 is 9.63 Å². The van der Waals surface area contributed by atoms with E-state index in [1.807, 2.05) is 48.5 Å². The number of H-pyrrole nitrogens is 2. The molecule has 58 heavy (non-hydrogen) atoms. The molecule has 4 aromatic carbocycles. The zero-order valence-electron chi connectivity index (χ0n) is 32.9. The molecule has 2 unspecified atom stereocenters. The minimum atomic E-state index is -0.0152. The summed E-state index contributed by atoms with van der Waals surface area (Å²) in [6.07, 6.45) is 9.87. The summed E-state index contributed by atoms with van der Waals surface area (Å²) >= 11 is 10.6. The second kappa shape index (κ2) is 19.0. The van der Waals surface area contributed by atoms with Gasteiger partial charge >= 0.3 is 0 Å². The molecule has 1 fully saturated rings. The summed E-state index contributed by atoms with van der Waals surface area (Å²) in [5, 5.41) is 16.6. The molecule has 2 atom stereocenters. The second-order valence-electron chi connectivity index (χ2n) is 14.8. The zero-order chi connectivity index (χ0) is 40.4. The number of benzene rings is 4. The third-order valence-corrected chi connectivity index (χ3v) is 11.4. The molecule has 0 saturated heterocycles. The number of nitrogens with zero attached hydrogens (tertiary/aromatic N) is 6. The monoisotopic (exact) mass is 814 g/mol. The fraction of sp³-hybridized carbons (Fsp3) is 0.295. The molecule has 1 aliphatic carbocycles. The van der Waals surface area contributed by atoms with E-state index in [0.29, 0.717) is 40.0 Å². The highest BCUT2D eigenvalue weighted by Crippen LogP contribution is 2.45. The van der Waals surface area contributed by atoms with Gasteiger partial charge in [-0.05, 0) is 127 Å². The number of nitrogens with one attached hydrogen (secondary N) is 4. The number of rotatable bonds is 17. The van der Waals surface area contributed by atoms with Crippen LogP contribution in [0.2, 0.25) is 0 Å². The Balaban J connectivity index is 0.910. The molecule has 2 aromatic heterocycles. The Morgan fingerprint density at radius 2 is 1.29 bits per heavy atom. The van der Waals surface area contributed by atoms with Crippen molar-refractivity contribution in [3.8, 4) is 11.4 Å². The fourth-order valence-corrected chi connectivity index (χ4v) is 8.07. The Hall–Kier alpha value is -5.99. The molecule has 0 spiro atoms. The van der Waals surface area contributed by atoms with Gasteiger partial charge in [-0.25, -0.2) is 5.48 Å². The largest absolute Gasteiger partial charge is 0.387 e. The van der Waals surface area contributed by atoms with Gasteiger partial charge in [-0.1, -0.05) is 55.8 Å². The van der Waals surface area contributed by atoms with Crippen LogP contribution in [0, 0.1) is 9.54 Å². The summed E-state index contributed by atoms with van der Waals surface area (Å²) in [5.74, 6) is 1.50. The van der Waals surface area contributed by atoms with Crippen molar-refractivity contribution in [2.24, 2.45) is 0 Å². The van der Waals surface area contributed by atoms with Gasteiger partial charge in [-0.15, -0.1) is 0 Å². The summed E-state index contributed by atoms with van der Waals surface area (Å²) in [6.45, 7) is 5.68. The highest BCUT2D eigenvalue weighted by Gasteiger charge is 2.28. The molecular formula is C44H50N10O2S2. The fourth-order valence-electron chi connectivity index (χ4n) is 7.66. The SMILES string of the molecule is C=C(CCN(C)c1cccc(C2CCCCC2c2cccc(N(C)CCCC(=O)Nc3cccc(-n4cn[nH]c4=S)c3)c2)c1)ONc1cccc(-n2cn[nH]c2=S)c1. The maximum absolute atomic E-state index is 12.9. The first-order valence-electron chi connectivity index (χ1n) is 19.7. The molecule has 1 saturated carbocycles. The van der Waals surface area contributed by atoms with Crippen molar-refractivity contribution >= 4 is 53.1 Å². The van der Waals surface area contributed by atoms with Gasteiger partial charge in [-0.3, -0.25) is 24.1 Å². The van der Waals surface area contributed by atoms with Crippen molar-refractivity contribution in [2.75, 3.05) is 47.8 Å². The minimum absolute atomic E-state index is 0.0152. The first kappa shape index (κ1) is 40.2. The van der Waals surface area contributed by atoms with E-state index < -0.39 is 0 Å². The Bertz CT molecular complexity index is 2450. The first-order valence-corrected chi connectivity index (χ1v) is 20.5. The standard InChI is InChI=1S/C44H50N10O2S2/c1-31(56-50-35-14-9-18-39(28-35)54-30-46-49-44(54)58)22-24-52(3)37-16-7-12-33(26-37)41-20-5-4-19-40(41)32-11-6-15-36(25-32)51(2)23-10-21-42(55)47-34-13-8-17-38(27-34)53-29-45-48-43(53)57/h6-9,11-18,25-30,40-41,50H,1,4-5,10,19-24H2,2-3H3,(H,47,55)(H,48,57)(H,49,58). The molecule has 0 aliphatic heterocycles. The van der Waals surface area contributed by atoms with Crippen LogP contribution in [-0.4, -0.2) is 62.6 Å². The van der Waals surface area contributed by atoms with Crippen LogP contribution in [0.4, 0.5) is 22.7 Å². The number of anilines is 4. The summed E-state index contributed by atoms with van der Waals surface area (Å²) in [6, 6.07) is 33.4. The topological polar surface area (TPSA) is 124 Å². The molecule has 1 aliphatic rings. The van der Waals surface area contributed by atoms with E-state index in [-0.39, 0.29) is 5.91 Å². The average molecular weight is 815 g/mol. The third-order valence-electron chi connectivity index (χ3n) is 10.8. The maximum atomic E-state index is 12.9. The molecule has 12 nitrogen and oxygen atoms in total. The Morgan fingerprint density at radius 1 is 0.759 bits per heavy atom. The summed E-state index contributed by atoms with van der Waals surface area (Å²) in [4.78, 5) is 23.2. The lowest BCUT2D eigenvalue weighted by atomic mass is 9.72. The predicted molar refractivity (Wildman–Crippen MR) is 237 cm³/mol. The quantitative estimate of drug-likeness (QED) is 0.0405. The van der Waals surface area contributed by atoms with E-state index in [0.717, 1.165) is 55.1 Å². The zero-order valence-corrected chi connectivity index (χ0v) is 34.6. The number of carbonyl (C=O) groups excluding carboxylic acids is 1. The van der Waals surface area contributed by atoms with Gasteiger partial charge in [0.1, 0.15) is 18.4 Å². The van der Waals surface area contributed by atoms with Gasteiger partial charge in [-0.2, -0.15) is 10.2 Å². The Labute approximate surface area is 349 Å². The maximum Gasteiger partial charge on any atom is 0.224 e. The van der Waals surface area contributed by atoms with Crippen molar-refractivity contribution in [2.45, 2.75) is 56.8 Å². The average Bonchev–Trinajstić information content (AvgIpc) is 3.89. The van der Waals surface area contributed by atoms with Crippen LogP contribution in [0.3, 0.4) is 0 Å². The van der Waals surface area contributed by atoms with E-state index >= 15 is 0 Å². The van der Waals surface area contributed by atoms with Gasteiger partial charge in [0.25, 0.3) is 0 Å². The molecule has 6 aromatic rings. The summed E-state index contributed by atoms with van der Waals surface area (Å²) < 4.78 is 4.58. The van der Waals surface area contributed by atoms with Crippen molar-refractivity contribution in [3.63, 3.8) is 0 Å². The molecule has 14 heteroatoms. The molecular weight excluding hydrogens is 765 g/mol. The molecule has 4 N–H and O–H groups in total. The van der Waals surface area contributed by atoms with Crippen molar-refractivity contribution in [1.29, 1.82) is 0 Å². The van der Waals surface area contributed by atoms with Crippen LogP contribution >= 0.6 is 24.4 Å². The van der Waals surface area contributed by atoms with Crippen molar-refractivity contribution in [1.82, 2.24) is 29.5 Å². The first-order chi connectivity index (χ1) is 28.2. The van der Waals surface area contributed by atoms with Gasteiger partial charge in [0.15, 0.2) is 9.54 Å². The molecule has 0 radical (unpaired) electrons. The molecule has 1 amide bonds. The lowest BCUT2D eigenvalue weighted by Gasteiger charge is -2.34. The third kappa shape index (κ3) is 10.1. The van der Waals surface area contributed by atoms with Gasteiger partial charge in [0, 0.05) is 57.1 Å². The van der Waals surface area contributed by atoms with Crippen LogP contribution in [0.5, 0.6) is 0 Å². The number of aromatic amines is 2. The van der Waals surface area contributed by atoms with E-state index in [1.165, 1.54) is 35.3 Å². The van der Waals surface area contributed by atoms with Gasteiger partial charge in [0.2, 0.25) is 5.91 Å². The number of amides is 1. The van der Waals surface area contributed by atoms with Crippen LogP contribution in [0.15, 0.2) is 122 Å². The van der Waals surface area contributed by atoms with E-state index in [9.17, 15) is 4.79 Å². The number of hydrogen-bond donors (Lipinski definition) is 4. The number of hydrogen-bond acceptors (Lipinski definition) is 9. The number of aromatic nitrogens is 6. The van der Waals surface area contributed by atoms with E-state index in [2.05, 4.69) is 110 Å². The van der Waals surface area contributed by atoms with Crippen LogP contribution < -0.4 is 20.6 Å². The highest BCUT2D eigenvalue weighted by atomic mass is 32.1. The van der Waals surface area contributed by atoms with Gasteiger partial charge in [0.05, 0.1) is 17.1 Å². The molecule has 2 heterocycles. The lowest BCUT2D eigenvalue weighted by molar-refractivity contribution is -0.116. The molecule has 0 bridgehead atoms. The second-order valence-corrected chi connectivity index (χ2v) is 15.6. The normalized spacial score (nSPS) is 15.1.